The van der Waals surface area contributed by atoms with E-state index < -0.39 is 5.97 Å². The van der Waals surface area contributed by atoms with Gasteiger partial charge in [0.05, 0.1) is 18.7 Å². The van der Waals surface area contributed by atoms with Crippen LogP contribution >= 0.6 is 33.9 Å². The van der Waals surface area contributed by atoms with Gasteiger partial charge >= 0.3 is 5.97 Å². The van der Waals surface area contributed by atoms with Crippen LogP contribution in [0.1, 0.15) is 11.8 Å². The first-order valence-electron chi connectivity index (χ1n) is 8.02. The molecule has 2 N–H and O–H groups in total. The Morgan fingerprint density at radius 3 is 2.50 bits per heavy atom. The molecule has 0 atom stereocenters. The molecule has 1 aromatic heterocycles. The van der Waals surface area contributed by atoms with Gasteiger partial charge in [-0.3, -0.25) is 4.79 Å². The standard InChI is InChI=1S/C19H17IN2O3S/c1-2-25-15-9-3-12(4-10-15)18-16(11-17(23)24)26-19(22-18)21-14-7-5-13(20)6-8-14/h3-10H,2,11H2,1H3,(H,21,22)(H,23,24). The lowest BCUT2D eigenvalue weighted by Gasteiger charge is -2.04. The zero-order chi connectivity index (χ0) is 18.5. The summed E-state index contributed by atoms with van der Waals surface area (Å²) < 4.78 is 6.61. The predicted octanol–water partition coefficient (Wildman–Crippen LogP) is 5.18. The molecule has 5 nitrogen and oxygen atoms in total. The molecule has 0 fully saturated rings. The van der Waals surface area contributed by atoms with Gasteiger partial charge < -0.3 is 15.2 Å². The van der Waals surface area contributed by atoms with Gasteiger partial charge in [-0.2, -0.15) is 0 Å². The monoisotopic (exact) mass is 480 g/mol. The fraction of sp³-hybridized carbons (Fsp3) is 0.158. The first kappa shape index (κ1) is 18.7. The lowest BCUT2D eigenvalue weighted by atomic mass is 10.1. The van der Waals surface area contributed by atoms with E-state index in [1.54, 1.807) is 0 Å². The maximum Gasteiger partial charge on any atom is 0.308 e. The summed E-state index contributed by atoms with van der Waals surface area (Å²) in [5.74, 6) is -0.0925. The summed E-state index contributed by atoms with van der Waals surface area (Å²) >= 11 is 3.61. The van der Waals surface area contributed by atoms with Gasteiger partial charge in [0, 0.05) is 19.7 Å². The number of carbonyl (C=O) groups is 1. The van der Waals surface area contributed by atoms with Crippen molar-refractivity contribution in [1.82, 2.24) is 4.98 Å². The number of hydrogen-bond acceptors (Lipinski definition) is 5. The van der Waals surface area contributed by atoms with Gasteiger partial charge in [-0.15, -0.1) is 11.3 Å². The second-order valence-electron chi connectivity index (χ2n) is 5.45. The van der Waals surface area contributed by atoms with Crippen molar-refractivity contribution < 1.29 is 14.6 Å². The Hall–Kier alpha value is -2.13. The number of benzene rings is 2. The number of thiazole rings is 1. The summed E-state index contributed by atoms with van der Waals surface area (Å²) in [5.41, 5.74) is 2.48. The molecule has 0 bridgehead atoms. The molecular formula is C19H17IN2O3S. The zero-order valence-electron chi connectivity index (χ0n) is 14.0. The molecule has 0 radical (unpaired) electrons. The van der Waals surface area contributed by atoms with Crippen LogP contribution in [0.5, 0.6) is 5.75 Å². The summed E-state index contributed by atoms with van der Waals surface area (Å²) in [6.45, 7) is 2.53. The number of carboxylic acid groups (broad SMARTS) is 1. The highest BCUT2D eigenvalue weighted by atomic mass is 127. The van der Waals surface area contributed by atoms with Crippen LogP contribution in [-0.2, 0) is 11.2 Å². The molecule has 0 saturated heterocycles. The van der Waals surface area contributed by atoms with Crippen LogP contribution in [0.3, 0.4) is 0 Å². The molecule has 26 heavy (non-hydrogen) atoms. The van der Waals surface area contributed by atoms with Gasteiger partial charge in [0.25, 0.3) is 0 Å². The lowest BCUT2D eigenvalue weighted by Crippen LogP contribution is -1.99. The summed E-state index contributed by atoms with van der Waals surface area (Å²) in [6.07, 6.45) is -0.0609. The highest BCUT2D eigenvalue weighted by Crippen LogP contribution is 2.34. The molecule has 0 aliphatic rings. The number of aromatic nitrogens is 1. The van der Waals surface area contributed by atoms with Crippen molar-refractivity contribution in [2.75, 3.05) is 11.9 Å². The molecule has 3 rings (SSSR count). The third-order valence-electron chi connectivity index (χ3n) is 3.54. The number of halogens is 1. The van der Waals surface area contributed by atoms with Crippen LogP contribution < -0.4 is 10.1 Å². The SMILES string of the molecule is CCOc1ccc(-c2nc(Nc3ccc(I)cc3)sc2CC(=O)O)cc1. The van der Waals surface area contributed by atoms with Crippen molar-refractivity contribution in [3.8, 4) is 17.0 Å². The van der Waals surface area contributed by atoms with Crippen molar-refractivity contribution in [1.29, 1.82) is 0 Å². The average Bonchev–Trinajstić information content (AvgIpc) is 2.99. The Balaban J connectivity index is 1.90. The molecule has 0 aliphatic heterocycles. The number of aliphatic carboxylic acids is 1. The van der Waals surface area contributed by atoms with Crippen LogP contribution in [-0.4, -0.2) is 22.7 Å². The summed E-state index contributed by atoms with van der Waals surface area (Å²) in [7, 11) is 0. The van der Waals surface area contributed by atoms with Crippen LogP contribution in [0.2, 0.25) is 0 Å². The molecule has 7 heteroatoms. The smallest absolute Gasteiger partial charge is 0.308 e. The van der Waals surface area contributed by atoms with E-state index in [4.69, 9.17) is 4.74 Å². The highest BCUT2D eigenvalue weighted by molar-refractivity contribution is 14.1. The maximum atomic E-state index is 11.2. The van der Waals surface area contributed by atoms with Gasteiger partial charge in [0.1, 0.15) is 5.75 Å². The third kappa shape index (κ3) is 4.73. The summed E-state index contributed by atoms with van der Waals surface area (Å²) in [6, 6.07) is 15.5. The van der Waals surface area contributed by atoms with E-state index in [1.165, 1.54) is 11.3 Å². The first-order valence-corrected chi connectivity index (χ1v) is 9.92. The Labute approximate surface area is 169 Å². The number of hydrogen-bond donors (Lipinski definition) is 2. The Morgan fingerprint density at radius 2 is 1.88 bits per heavy atom. The molecule has 0 aliphatic carbocycles. The molecule has 134 valence electrons. The predicted molar refractivity (Wildman–Crippen MR) is 113 cm³/mol. The lowest BCUT2D eigenvalue weighted by molar-refractivity contribution is -0.136. The van der Waals surface area contributed by atoms with E-state index in [1.807, 2.05) is 55.5 Å². The first-order chi connectivity index (χ1) is 12.5. The number of rotatable bonds is 7. The minimum absolute atomic E-state index is 0.0609. The van der Waals surface area contributed by atoms with Gasteiger partial charge in [-0.1, -0.05) is 0 Å². The zero-order valence-corrected chi connectivity index (χ0v) is 17.0. The van der Waals surface area contributed by atoms with Crippen LogP contribution in [0, 0.1) is 3.57 Å². The third-order valence-corrected chi connectivity index (χ3v) is 5.23. The molecule has 3 aromatic rings. The minimum Gasteiger partial charge on any atom is -0.494 e. The summed E-state index contributed by atoms with van der Waals surface area (Å²) in [5, 5.41) is 13.1. The average molecular weight is 480 g/mol. The van der Waals surface area contributed by atoms with Crippen LogP contribution in [0.4, 0.5) is 10.8 Å². The topological polar surface area (TPSA) is 71.5 Å². The fourth-order valence-corrected chi connectivity index (χ4v) is 3.77. The van der Waals surface area contributed by atoms with E-state index in [2.05, 4.69) is 32.9 Å². The van der Waals surface area contributed by atoms with E-state index in [-0.39, 0.29) is 6.42 Å². The van der Waals surface area contributed by atoms with E-state index in [9.17, 15) is 9.90 Å². The van der Waals surface area contributed by atoms with Crippen LogP contribution in [0.15, 0.2) is 48.5 Å². The van der Waals surface area contributed by atoms with Gasteiger partial charge in [0.15, 0.2) is 5.13 Å². The van der Waals surface area contributed by atoms with Crippen LogP contribution in [0.25, 0.3) is 11.3 Å². The molecule has 1 heterocycles. The molecular weight excluding hydrogens is 463 g/mol. The fourth-order valence-electron chi connectivity index (χ4n) is 2.42. The number of nitrogens with one attached hydrogen (secondary N) is 1. The molecule has 0 spiro atoms. The van der Waals surface area contributed by atoms with Crippen molar-refractivity contribution in [2.24, 2.45) is 0 Å². The van der Waals surface area contributed by atoms with Crippen molar-refractivity contribution in [2.45, 2.75) is 13.3 Å². The second kappa shape index (κ2) is 8.50. The molecule has 2 aromatic carbocycles. The quantitative estimate of drug-likeness (QED) is 0.456. The van der Waals surface area contributed by atoms with E-state index in [0.29, 0.717) is 17.4 Å². The second-order valence-corrected chi connectivity index (χ2v) is 7.78. The number of anilines is 2. The number of ether oxygens (including phenoxy) is 1. The number of carboxylic acids is 1. The van der Waals surface area contributed by atoms with Crippen molar-refractivity contribution in [3.63, 3.8) is 0 Å². The minimum atomic E-state index is -0.873. The van der Waals surface area contributed by atoms with E-state index >= 15 is 0 Å². The van der Waals surface area contributed by atoms with Gasteiger partial charge in [0.2, 0.25) is 0 Å². The van der Waals surface area contributed by atoms with Crippen molar-refractivity contribution in [3.05, 3.63) is 57.0 Å². The normalized spacial score (nSPS) is 10.5. The Bertz CT molecular complexity index is 892. The molecule has 0 saturated carbocycles. The Kier molecular flexibility index (Phi) is 6.10. The molecule has 0 amide bonds. The summed E-state index contributed by atoms with van der Waals surface area (Å²) in [4.78, 5) is 16.6. The van der Waals surface area contributed by atoms with Crippen molar-refractivity contribution >= 4 is 50.7 Å². The number of nitrogens with zero attached hydrogens (tertiary/aromatic N) is 1. The van der Waals surface area contributed by atoms with E-state index in [0.717, 1.165) is 25.4 Å². The highest BCUT2D eigenvalue weighted by Gasteiger charge is 2.16. The Morgan fingerprint density at radius 1 is 1.19 bits per heavy atom. The molecule has 0 unspecified atom stereocenters. The van der Waals surface area contributed by atoms with Gasteiger partial charge in [-0.05, 0) is 78.0 Å². The largest absolute Gasteiger partial charge is 0.494 e. The maximum absolute atomic E-state index is 11.2. The van der Waals surface area contributed by atoms with Gasteiger partial charge in [-0.25, -0.2) is 4.98 Å².